The van der Waals surface area contributed by atoms with Gasteiger partial charge in [0, 0.05) is 50.8 Å². The number of piperazine rings is 1. The van der Waals surface area contributed by atoms with E-state index in [0.29, 0.717) is 12.1 Å². The van der Waals surface area contributed by atoms with Gasteiger partial charge in [-0.25, -0.2) is 0 Å². The van der Waals surface area contributed by atoms with Crippen LogP contribution < -0.4 is 10.2 Å². The number of para-hydroxylation sites is 1. The van der Waals surface area contributed by atoms with Crippen LogP contribution in [-0.4, -0.2) is 55.1 Å². The van der Waals surface area contributed by atoms with Crippen molar-refractivity contribution in [3.8, 4) is 0 Å². The predicted molar refractivity (Wildman–Crippen MR) is 96.3 cm³/mol. The standard InChI is InChI=1S/C19H24N4O/c24-19(17-6-4-9-20-16-17)21-10-5-11-22-12-14-23(15-13-22)18-7-2-1-3-8-18/h1-4,6-9,16H,5,10-15H2,(H,21,24). The molecule has 0 spiro atoms. The van der Waals surface area contributed by atoms with Gasteiger partial charge in [-0.15, -0.1) is 0 Å². The Labute approximate surface area is 143 Å². The maximum Gasteiger partial charge on any atom is 0.252 e. The van der Waals surface area contributed by atoms with Crippen molar-refractivity contribution in [2.45, 2.75) is 6.42 Å². The molecule has 0 bridgehead atoms. The molecule has 5 heteroatoms. The van der Waals surface area contributed by atoms with E-state index in [9.17, 15) is 4.79 Å². The number of pyridine rings is 1. The van der Waals surface area contributed by atoms with E-state index in [1.54, 1.807) is 24.5 Å². The number of hydrogen-bond donors (Lipinski definition) is 1. The lowest BCUT2D eigenvalue weighted by Gasteiger charge is -2.36. The molecule has 1 aromatic carbocycles. The molecule has 2 aromatic rings. The zero-order chi connectivity index (χ0) is 16.6. The molecule has 0 atom stereocenters. The van der Waals surface area contributed by atoms with Crippen LogP contribution in [0.4, 0.5) is 5.69 Å². The lowest BCUT2D eigenvalue weighted by atomic mass is 10.2. The molecule has 24 heavy (non-hydrogen) atoms. The Morgan fingerprint density at radius 2 is 1.83 bits per heavy atom. The van der Waals surface area contributed by atoms with Crippen molar-refractivity contribution >= 4 is 11.6 Å². The van der Waals surface area contributed by atoms with Crippen LogP contribution in [0.2, 0.25) is 0 Å². The van der Waals surface area contributed by atoms with E-state index in [0.717, 1.165) is 39.1 Å². The minimum Gasteiger partial charge on any atom is -0.369 e. The fourth-order valence-electron chi connectivity index (χ4n) is 2.97. The second-order valence-corrected chi connectivity index (χ2v) is 6.02. The largest absolute Gasteiger partial charge is 0.369 e. The molecule has 0 saturated carbocycles. The van der Waals surface area contributed by atoms with Crippen LogP contribution in [0.3, 0.4) is 0 Å². The number of carbonyl (C=O) groups excluding carboxylic acids is 1. The molecule has 1 aliphatic heterocycles. The van der Waals surface area contributed by atoms with Crippen molar-refractivity contribution in [1.29, 1.82) is 0 Å². The van der Waals surface area contributed by atoms with Gasteiger partial charge < -0.3 is 10.2 Å². The highest BCUT2D eigenvalue weighted by molar-refractivity contribution is 5.93. The highest BCUT2D eigenvalue weighted by Crippen LogP contribution is 2.15. The quantitative estimate of drug-likeness (QED) is 0.826. The molecule has 1 saturated heterocycles. The van der Waals surface area contributed by atoms with Crippen LogP contribution in [0, 0.1) is 0 Å². The molecule has 5 nitrogen and oxygen atoms in total. The summed E-state index contributed by atoms with van der Waals surface area (Å²) in [6.45, 7) is 6.00. The van der Waals surface area contributed by atoms with Crippen LogP contribution in [0.5, 0.6) is 0 Å². The minimum absolute atomic E-state index is 0.0444. The monoisotopic (exact) mass is 324 g/mol. The number of anilines is 1. The fourth-order valence-corrected chi connectivity index (χ4v) is 2.97. The number of rotatable bonds is 6. The summed E-state index contributed by atoms with van der Waals surface area (Å²) in [5, 5.41) is 2.96. The van der Waals surface area contributed by atoms with Crippen LogP contribution in [0.15, 0.2) is 54.9 Å². The first-order chi connectivity index (χ1) is 11.8. The summed E-state index contributed by atoms with van der Waals surface area (Å²) in [5.74, 6) is -0.0444. The number of hydrogen-bond acceptors (Lipinski definition) is 4. The third-order valence-corrected chi connectivity index (χ3v) is 4.35. The molecule has 3 rings (SSSR count). The Bertz CT molecular complexity index is 624. The molecule has 126 valence electrons. The SMILES string of the molecule is O=C(NCCCN1CCN(c2ccccc2)CC1)c1cccnc1. The summed E-state index contributed by atoms with van der Waals surface area (Å²) in [5.41, 5.74) is 1.93. The third kappa shape index (κ3) is 4.55. The van der Waals surface area contributed by atoms with Crippen LogP contribution in [0.1, 0.15) is 16.8 Å². The average molecular weight is 324 g/mol. The summed E-state index contributed by atoms with van der Waals surface area (Å²) in [6, 6.07) is 14.1. The van der Waals surface area contributed by atoms with E-state index in [2.05, 4.69) is 50.4 Å². The maximum atomic E-state index is 11.9. The maximum absolute atomic E-state index is 11.9. The second kappa shape index (κ2) is 8.45. The summed E-state index contributed by atoms with van der Waals surface area (Å²) in [6.07, 6.45) is 4.24. The molecular formula is C19H24N4O. The van der Waals surface area contributed by atoms with E-state index < -0.39 is 0 Å². The summed E-state index contributed by atoms with van der Waals surface area (Å²) >= 11 is 0. The molecule has 1 fully saturated rings. The zero-order valence-electron chi connectivity index (χ0n) is 13.9. The number of carbonyl (C=O) groups is 1. The molecule has 0 unspecified atom stereocenters. The van der Waals surface area contributed by atoms with Gasteiger partial charge in [0.1, 0.15) is 0 Å². The third-order valence-electron chi connectivity index (χ3n) is 4.35. The summed E-state index contributed by atoms with van der Waals surface area (Å²) in [4.78, 5) is 20.8. The first kappa shape index (κ1) is 16.5. The van der Waals surface area contributed by atoms with Crippen molar-refractivity contribution in [1.82, 2.24) is 15.2 Å². The van der Waals surface area contributed by atoms with E-state index >= 15 is 0 Å². The number of nitrogens with one attached hydrogen (secondary N) is 1. The Hall–Kier alpha value is -2.40. The summed E-state index contributed by atoms with van der Waals surface area (Å²) < 4.78 is 0. The molecule has 1 amide bonds. The fraction of sp³-hybridized carbons (Fsp3) is 0.368. The van der Waals surface area contributed by atoms with E-state index in [4.69, 9.17) is 0 Å². The van der Waals surface area contributed by atoms with E-state index in [1.165, 1.54) is 5.69 Å². The van der Waals surface area contributed by atoms with E-state index in [1.807, 2.05) is 0 Å². The first-order valence-corrected chi connectivity index (χ1v) is 8.53. The summed E-state index contributed by atoms with van der Waals surface area (Å²) in [7, 11) is 0. The number of amides is 1. The molecule has 1 aliphatic rings. The molecule has 1 N–H and O–H groups in total. The van der Waals surface area contributed by atoms with E-state index in [-0.39, 0.29) is 5.91 Å². The van der Waals surface area contributed by atoms with Crippen molar-refractivity contribution in [3.05, 3.63) is 60.4 Å². The number of aromatic nitrogens is 1. The van der Waals surface area contributed by atoms with Crippen molar-refractivity contribution in [2.75, 3.05) is 44.2 Å². The molecule has 0 aliphatic carbocycles. The van der Waals surface area contributed by atoms with Gasteiger partial charge in [-0.1, -0.05) is 18.2 Å². The average Bonchev–Trinajstić information content (AvgIpc) is 2.67. The lowest BCUT2D eigenvalue weighted by molar-refractivity contribution is 0.0951. The number of benzene rings is 1. The Balaban J connectivity index is 1.33. The van der Waals surface area contributed by atoms with Gasteiger partial charge in [0.2, 0.25) is 0 Å². The highest BCUT2D eigenvalue weighted by Gasteiger charge is 2.16. The smallest absolute Gasteiger partial charge is 0.252 e. The number of nitrogens with zero attached hydrogens (tertiary/aromatic N) is 3. The van der Waals surface area contributed by atoms with Crippen molar-refractivity contribution in [2.24, 2.45) is 0 Å². The van der Waals surface area contributed by atoms with Gasteiger partial charge in [0.25, 0.3) is 5.91 Å². The van der Waals surface area contributed by atoms with Gasteiger partial charge >= 0.3 is 0 Å². The van der Waals surface area contributed by atoms with Gasteiger partial charge in [-0.05, 0) is 37.2 Å². The molecular weight excluding hydrogens is 300 g/mol. The van der Waals surface area contributed by atoms with Gasteiger partial charge in [0.15, 0.2) is 0 Å². The minimum atomic E-state index is -0.0444. The van der Waals surface area contributed by atoms with Gasteiger partial charge in [0.05, 0.1) is 5.56 Å². The molecule has 2 heterocycles. The zero-order valence-corrected chi connectivity index (χ0v) is 13.9. The van der Waals surface area contributed by atoms with Gasteiger partial charge in [-0.3, -0.25) is 14.7 Å². The Morgan fingerprint density at radius 3 is 2.54 bits per heavy atom. The Morgan fingerprint density at radius 1 is 1.04 bits per heavy atom. The lowest BCUT2D eigenvalue weighted by Crippen LogP contribution is -2.47. The van der Waals surface area contributed by atoms with Crippen LogP contribution >= 0.6 is 0 Å². The Kier molecular flexibility index (Phi) is 5.80. The first-order valence-electron chi connectivity index (χ1n) is 8.53. The predicted octanol–water partition coefficient (Wildman–Crippen LogP) is 2.02. The van der Waals surface area contributed by atoms with Crippen LogP contribution in [-0.2, 0) is 0 Å². The molecule has 0 radical (unpaired) electrons. The second-order valence-electron chi connectivity index (χ2n) is 6.02. The van der Waals surface area contributed by atoms with Gasteiger partial charge in [-0.2, -0.15) is 0 Å². The topological polar surface area (TPSA) is 48.5 Å². The van der Waals surface area contributed by atoms with Crippen molar-refractivity contribution < 1.29 is 4.79 Å². The molecule has 1 aromatic heterocycles. The highest BCUT2D eigenvalue weighted by atomic mass is 16.1. The van der Waals surface area contributed by atoms with Crippen LogP contribution in [0.25, 0.3) is 0 Å². The normalized spacial score (nSPS) is 15.2. The van der Waals surface area contributed by atoms with Crippen molar-refractivity contribution in [3.63, 3.8) is 0 Å².